The quantitative estimate of drug-likeness (QED) is 0.383. The van der Waals surface area contributed by atoms with Crippen molar-refractivity contribution in [1.82, 2.24) is 10.6 Å². The third kappa shape index (κ3) is 6.77. The van der Waals surface area contributed by atoms with Crippen molar-refractivity contribution in [3.05, 3.63) is 93.7 Å². The van der Waals surface area contributed by atoms with E-state index in [2.05, 4.69) is 125 Å². The molecule has 0 aliphatic carbocycles. The molecule has 3 aromatic rings. The van der Waals surface area contributed by atoms with Crippen LogP contribution in [0.5, 0.6) is 0 Å². The smallest absolute Gasteiger partial charge is 0.0372 e. The van der Waals surface area contributed by atoms with Crippen molar-refractivity contribution in [2.24, 2.45) is 10.8 Å². The standard InChI is InChI=1S/C28H38N2S/c1-27(2,3)25(21-13-9-7-10-14-21)29-19-23-17-18-24(31-23)20-30-26(28(4,5)6)22-15-11-8-12-16-22/h7-18,25-26,29-30H,19-20H2,1-6H3/t25-,26+. The van der Waals surface area contributed by atoms with Gasteiger partial charge in [0.25, 0.3) is 0 Å². The summed E-state index contributed by atoms with van der Waals surface area (Å²) < 4.78 is 0. The SMILES string of the molecule is CC(C)(C)[C@H](NCc1ccc(CN[C@@H](c2ccccc2)C(C)(C)C)s1)c1ccccc1. The Morgan fingerprint density at radius 2 is 0.935 bits per heavy atom. The minimum absolute atomic E-state index is 0.151. The van der Waals surface area contributed by atoms with Crippen LogP contribution < -0.4 is 10.6 Å². The highest BCUT2D eigenvalue weighted by Crippen LogP contribution is 2.34. The van der Waals surface area contributed by atoms with Gasteiger partial charge in [-0.3, -0.25) is 0 Å². The zero-order valence-electron chi connectivity index (χ0n) is 19.9. The van der Waals surface area contributed by atoms with Gasteiger partial charge in [0.1, 0.15) is 0 Å². The van der Waals surface area contributed by atoms with E-state index < -0.39 is 0 Å². The van der Waals surface area contributed by atoms with Gasteiger partial charge in [-0.05, 0) is 34.1 Å². The van der Waals surface area contributed by atoms with Crippen LogP contribution in [-0.2, 0) is 13.1 Å². The number of rotatable bonds is 8. The third-order valence-electron chi connectivity index (χ3n) is 5.68. The van der Waals surface area contributed by atoms with E-state index in [1.807, 2.05) is 11.3 Å². The molecule has 0 fully saturated rings. The summed E-state index contributed by atoms with van der Waals surface area (Å²) in [4.78, 5) is 2.77. The Labute approximate surface area is 193 Å². The molecule has 3 rings (SSSR count). The van der Waals surface area contributed by atoms with E-state index in [9.17, 15) is 0 Å². The fourth-order valence-corrected chi connectivity index (χ4v) is 5.08. The number of thiophene rings is 1. The Morgan fingerprint density at radius 3 is 1.26 bits per heavy atom. The van der Waals surface area contributed by atoms with E-state index in [1.54, 1.807) is 0 Å². The largest absolute Gasteiger partial charge is 0.305 e. The maximum Gasteiger partial charge on any atom is 0.0372 e. The fraction of sp³-hybridized carbons (Fsp3) is 0.429. The predicted molar refractivity (Wildman–Crippen MR) is 135 cm³/mol. The third-order valence-corrected chi connectivity index (χ3v) is 6.76. The van der Waals surface area contributed by atoms with E-state index in [-0.39, 0.29) is 10.8 Å². The predicted octanol–water partition coefficient (Wildman–Crippen LogP) is 7.50. The number of benzene rings is 2. The van der Waals surface area contributed by atoms with E-state index in [0.717, 1.165) is 13.1 Å². The van der Waals surface area contributed by atoms with Gasteiger partial charge < -0.3 is 10.6 Å². The summed E-state index contributed by atoms with van der Waals surface area (Å²) >= 11 is 1.90. The average molecular weight is 435 g/mol. The molecule has 31 heavy (non-hydrogen) atoms. The minimum Gasteiger partial charge on any atom is -0.305 e. The molecule has 2 N–H and O–H groups in total. The molecule has 0 aliphatic heterocycles. The summed E-state index contributed by atoms with van der Waals surface area (Å²) in [7, 11) is 0. The zero-order valence-corrected chi connectivity index (χ0v) is 20.7. The van der Waals surface area contributed by atoms with Crippen molar-refractivity contribution in [1.29, 1.82) is 0 Å². The first kappa shape index (κ1) is 23.7. The topological polar surface area (TPSA) is 24.1 Å². The lowest BCUT2D eigenvalue weighted by Gasteiger charge is -2.32. The molecule has 1 heterocycles. The fourth-order valence-electron chi connectivity index (χ4n) is 4.16. The van der Waals surface area contributed by atoms with Crippen molar-refractivity contribution < 1.29 is 0 Å². The van der Waals surface area contributed by atoms with Gasteiger partial charge in [-0.2, -0.15) is 0 Å². The van der Waals surface area contributed by atoms with Gasteiger partial charge in [-0.1, -0.05) is 102 Å². The summed E-state index contributed by atoms with van der Waals surface area (Å²) in [6, 6.07) is 26.8. The summed E-state index contributed by atoms with van der Waals surface area (Å²) in [5.74, 6) is 0. The van der Waals surface area contributed by atoms with E-state index >= 15 is 0 Å². The molecule has 1 aromatic heterocycles. The summed E-state index contributed by atoms with van der Waals surface area (Å²) in [5.41, 5.74) is 3.01. The average Bonchev–Trinajstić information content (AvgIpc) is 3.16. The lowest BCUT2D eigenvalue weighted by atomic mass is 9.82. The lowest BCUT2D eigenvalue weighted by Crippen LogP contribution is -2.32. The second kappa shape index (κ2) is 10.1. The highest BCUT2D eigenvalue weighted by atomic mass is 32.1. The van der Waals surface area contributed by atoms with Crippen molar-refractivity contribution in [2.45, 2.75) is 66.7 Å². The van der Waals surface area contributed by atoms with Crippen LogP contribution in [-0.4, -0.2) is 0 Å². The first-order chi connectivity index (χ1) is 14.6. The molecule has 0 amide bonds. The molecule has 0 saturated heterocycles. The van der Waals surface area contributed by atoms with Crippen LogP contribution in [0.25, 0.3) is 0 Å². The summed E-state index contributed by atoms with van der Waals surface area (Å²) in [6.07, 6.45) is 0. The molecule has 2 aromatic carbocycles. The van der Waals surface area contributed by atoms with Gasteiger partial charge in [0, 0.05) is 34.9 Å². The van der Waals surface area contributed by atoms with E-state index in [4.69, 9.17) is 0 Å². The molecular weight excluding hydrogens is 396 g/mol. The number of hydrogen-bond acceptors (Lipinski definition) is 3. The molecule has 0 saturated carbocycles. The van der Waals surface area contributed by atoms with E-state index in [1.165, 1.54) is 20.9 Å². The maximum atomic E-state index is 3.81. The van der Waals surface area contributed by atoms with Crippen LogP contribution in [0.2, 0.25) is 0 Å². The molecule has 0 radical (unpaired) electrons. The number of hydrogen-bond donors (Lipinski definition) is 2. The van der Waals surface area contributed by atoms with Gasteiger partial charge >= 0.3 is 0 Å². The molecule has 2 atom stereocenters. The monoisotopic (exact) mass is 434 g/mol. The molecule has 0 aliphatic rings. The Kier molecular flexibility index (Phi) is 7.74. The van der Waals surface area contributed by atoms with Gasteiger partial charge in [0.05, 0.1) is 0 Å². The van der Waals surface area contributed by atoms with Gasteiger partial charge in [0.15, 0.2) is 0 Å². The normalized spacial score (nSPS) is 14.4. The van der Waals surface area contributed by atoms with Crippen LogP contribution in [0.3, 0.4) is 0 Å². The molecule has 0 spiro atoms. The Bertz CT molecular complexity index is 841. The second-order valence-corrected chi connectivity index (χ2v) is 11.8. The van der Waals surface area contributed by atoms with Crippen LogP contribution in [0, 0.1) is 10.8 Å². The molecule has 3 heteroatoms. The molecule has 166 valence electrons. The second-order valence-electron chi connectivity index (χ2n) is 10.5. The Hall–Kier alpha value is -1.94. The number of nitrogens with one attached hydrogen (secondary N) is 2. The van der Waals surface area contributed by atoms with E-state index in [0.29, 0.717) is 12.1 Å². The highest BCUT2D eigenvalue weighted by Gasteiger charge is 2.27. The molecular formula is C28H38N2S. The highest BCUT2D eigenvalue weighted by molar-refractivity contribution is 7.11. The van der Waals surface area contributed by atoms with Crippen LogP contribution >= 0.6 is 11.3 Å². The zero-order chi connectivity index (χ0) is 22.5. The first-order valence-corrected chi connectivity index (χ1v) is 12.1. The van der Waals surface area contributed by atoms with Crippen molar-refractivity contribution in [2.75, 3.05) is 0 Å². The Morgan fingerprint density at radius 1 is 0.581 bits per heavy atom. The van der Waals surface area contributed by atoms with Crippen molar-refractivity contribution in [3.8, 4) is 0 Å². The van der Waals surface area contributed by atoms with Crippen molar-refractivity contribution >= 4 is 11.3 Å². The van der Waals surface area contributed by atoms with Gasteiger partial charge in [0.2, 0.25) is 0 Å². The Balaban J connectivity index is 1.63. The van der Waals surface area contributed by atoms with Gasteiger partial charge in [-0.15, -0.1) is 11.3 Å². The molecule has 2 nitrogen and oxygen atoms in total. The van der Waals surface area contributed by atoms with Gasteiger partial charge in [-0.25, -0.2) is 0 Å². The lowest BCUT2D eigenvalue weighted by molar-refractivity contribution is 0.271. The summed E-state index contributed by atoms with van der Waals surface area (Å²) in [5, 5.41) is 7.62. The molecule has 0 unspecified atom stereocenters. The molecule has 0 bridgehead atoms. The maximum absolute atomic E-state index is 3.81. The van der Waals surface area contributed by atoms with Crippen LogP contribution in [0.1, 0.15) is 74.5 Å². The minimum atomic E-state index is 0.151. The van der Waals surface area contributed by atoms with Crippen molar-refractivity contribution in [3.63, 3.8) is 0 Å². The van der Waals surface area contributed by atoms with Crippen LogP contribution in [0.15, 0.2) is 72.8 Å². The van der Waals surface area contributed by atoms with Crippen LogP contribution in [0.4, 0.5) is 0 Å². The summed E-state index contributed by atoms with van der Waals surface area (Å²) in [6.45, 7) is 15.6. The first-order valence-electron chi connectivity index (χ1n) is 11.3.